The number of nitrogens with zero attached hydrogens (tertiary/aromatic N) is 2. The molecule has 0 bridgehead atoms. The lowest BCUT2D eigenvalue weighted by Gasteiger charge is -2.03. The Bertz CT molecular complexity index is 763. The summed E-state index contributed by atoms with van der Waals surface area (Å²) in [4.78, 5) is 4.29. The fourth-order valence-electron chi connectivity index (χ4n) is 2.16. The largest absolute Gasteiger partial charge is 0.332 e. The maximum absolute atomic E-state index is 13.2. The normalized spacial score (nSPS) is 10.8. The first-order valence-electron chi connectivity index (χ1n) is 6.33. The number of aromatic nitrogens is 2. The summed E-state index contributed by atoms with van der Waals surface area (Å²) in [5.41, 5.74) is 2.20. The van der Waals surface area contributed by atoms with Gasteiger partial charge in [0.1, 0.15) is 11.6 Å². The first-order valence-corrected chi connectivity index (χ1v) is 6.70. The lowest BCUT2D eigenvalue weighted by atomic mass is 10.2. The molecule has 0 spiro atoms. The molecular formula is C16H11ClF2N2. The molecule has 0 aliphatic carbocycles. The molecule has 106 valence electrons. The predicted octanol–water partition coefficient (Wildman–Crippen LogP) is 4.53. The maximum atomic E-state index is 13.2. The quantitative estimate of drug-likeness (QED) is 0.695. The van der Waals surface area contributed by atoms with Gasteiger partial charge in [0.25, 0.3) is 0 Å². The third kappa shape index (κ3) is 3.28. The van der Waals surface area contributed by atoms with Crippen LogP contribution in [0.3, 0.4) is 0 Å². The van der Waals surface area contributed by atoms with Gasteiger partial charge in [-0.1, -0.05) is 23.7 Å². The molecule has 3 aromatic rings. The van der Waals surface area contributed by atoms with Crippen LogP contribution in [0.4, 0.5) is 8.78 Å². The summed E-state index contributed by atoms with van der Waals surface area (Å²) in [7, 11) is 0. The van der Waals surface area contributed by atoms with Gasteiger partial charge in [-0.15, -0.1) is 0 Å². The summed E-state index contributed by atoms with van der Waals surface area (Å²) in [6.07, 6.45) is 3.44. The van der Waals surface area contributed by atoms with Gasteiger partial charge in [-0.05, 0) is 29.8 Å². The highest BCUT2D eigenvalue weighted by atomic mass is 35.5. The molecular weight excluding hydrogens is 294 g/mol. The average Bonchev–Trinajstić information content (AvgIpc) is 2.86. The van der Waals surface area contributed by atoms with E-state index in [9.17, 15) is 8.78 Å². The Kier molecular flexibility index (Phi) is 3.71. The summed E-state index contributed by atoms with van der Waals surface area (Å²) in [6, 6.07) is 10.8. The second-order valence-electron chi connectivity index (χ2n) is 4.72. The van der Waals surface area contributed by atoms with Crippen LogP contribution in [-0.2, 0) is 6.54 Å². The highest BCUT2D eigenvalue weighted by Crippen LogP contribution is 2.21. The van der Waals surface area contributed by atoms with Crippen LogP contribution in [0.5, 0.6) is 0 Å². The Morgan fingerprint density at radius 2 is 1.81 bits per heavy atom. The third-order valence-corrected chi connectivity index (χ3v) is 3.28. The van der Waals surface area contributed by atoms with Crippen molar-refractivity contribution in [3.63, 3.8) is 0 Å². The lowest BCUT2D eigenvalue weighted by Crippen LogP contribution is -1.97. The van der Waals surface area contributed by atoms with E-state index >= 15 is 0 Å². The second-order valence-corrected chi connectivity index (χ2v) is 5.16. The van der Waals surface area contributed by atoms with Gasteiger partial charge in [0.05, 0.1) is 12.0 Å². The van der Waals surface area contributed by atoms with Crippen molar-refractivity contribution in [2.75, 3.05) is 0 Å². The lowest BCUT2D eigenvalue weighted by molar-refractivity contribution is 0.577. The fourth-order valence-corrected chi connectivity index (χ4v) is 2.35. The molecule has 0 N–H and O–H groups in total. The number of benzene rings is 2. The average molecular weight is 305 g/mol. The van der Waals surface area contributed by atoms with Crippen LogP contribution in [-0.4, -0.2) is 9.55 Å². The minimum atomic E-state index is -0.583. The van der Waals surface area contributed by atoms with Crippen LogP contribution >= 0.6 is 11.6 Å². The summed E-state index contributed by atoms with van der Waals surface area (Å²) < 4.78 is 28.1. The zero-order valence-corrected chi connectivity index (χ0v) is 11.7. The van der Waals surface area contributed by atoms with Gasteiger partial charge >= 0.3 is 0 Å². The summed E-state index contributed by atoms with van der Waals surface area (Å²) in [6.45, 7) is 0.349. The highest BCUT2D eigenvalue weighted by Gasteiger charge is 2.05. The van der Waals surface area contributed by atoms with Gasteiger partial charge in [-0.2, -0.15) is 0 Å². The molecule has 21 heavy (non-hydrogen) atoms. The van der Waals surface area contributed by atoms with E-state index in [1.807, 2.05) is 24.4 Å². The Hall–Kier alpha value is -2.20. The van der Waals surface area contributed by atoms with Crippen molar-refractivity contribution >= 4 is 11.6 Å². The fraction of sp³-hybridized carbons (Fsp3) is 0.0625. The zero-order chi connectivity index (χ0) is 14.8. The molecule has 1 aromatic heterocycles. The first kappa shape index (κ1) is 13.8. The van der Waals surface area contributed by atoms with E-state index in [1.165, 1.54) is 12.1 Å². The maximum Gasteiger partial charge on any atom is 0.126 e. The van der Waals surface area contributed by atoms with Gasteiger partial charge in [0.2, 0.25) is 0 Å². The molecule has 0 atom stereocenters. The Labute approximate surface area is 125 Å². The zero-order valence-electron chi connectivity index (χ0n) is 10.9. The van der Waals surface area contributed by atoms with E-state index in [0.29, 0.717) is 17.1 Å². The molecule has 2 nitrogen and oxygen atoms in total. The summed E-state index contributed by atoms with van der Waals surface area (Å²) >= 11 is 5.95. The SMILES string of the molecule is Fc1cc(F)cc(Cn2cnc(-c3cccc(Cl)c3)c2)c1. The van der Waals surface area contributed by atoms with Gasteiger partial charge in [-0.25, -0.2) is 13.8 Å². The van der Waals surface area contributed by atoms with E-state index in [2.05, 4.69) is 4.98 Å². The van der Waals surface area contributed by atoms with E-state index in [-0.39, 0.29) is 0 Å². The molecule has 0 aliphatic rings. The van der Waals surface area contributed by atoms with Crippen molar-refractivity contribution in [3.05, 3.63) is 77.2 Å². The van der Waals surface area contributed by atoms with E-state index in [4.69, 9.17) is 11.6 Å². The molecule has 0 radical (unpaired) electrons. The van der Waals surface area contributed by atoms with Gasteiger partial charge in [0.15, 0.2) is 0 Å². The molecule has 5 heteroatoms. The molecule has 0 aliphatic heterocycles. The van der Waals surface area contributed by atoms with Crippen molar-refractivity contribution in [1.29, 1.82) is 0 Å². The molecule has 2 aromatic carbocycles. The van der Waals surface area contributed by atoms with E-state index < -0.39 is 11.6 Å². The molecule has 0 unspecified atom stereocenters. The number of rotatable bonds is 3. The van der Waals surface area contributed by atoms with E-state index in [1.54, 1.807) is 17.0 Å². The highest BCUT2D eigenvalue weighted by molar-refractivity contribution is 6.30. The number of halogens is 3. The number of imidazole rings is 1. The van der Waals surface area contributed by atoms with Gasteiger partial charge < -0.3 is 4.57 Å². The molecule has 0 fully saturated rings. The van der Waals surface area contributed by atoms with Crippen molar-refractivity contribution in [3.8, 4) is 11.3 Å². The summed E-state index contributed by atoms with van der Waals surface area (Å²) in [5.74, 6) is -1.17. The molecule has 0 amide bonds. The molecule has 0 saturated carbocycles. The Morgan fingerprint density at radius 1 is 1.05 bits per heavy atom. The Balaban J connectivity index is 1.85. The van der Waals surface area contributed by atoms with Crippen LogP contribution in [0.15, 0.2) is 55.0 Å². The topological polar surface area (TPSA) is 17.8 Å². The first-order chi connectivity index (χ1) is 10.1. The monoisotopic (exact) mass is 304 g/mol. The van der Waals surface area contributed by atoms with Crippen molar-refractivity contribution in [2.45, 2.75) is 6.54 Å². The summed E-state index contributed by atoms with van der Waals surface area (Å²) in [5, 5.41) is 0.634. The van der Waals surface area contributed by atoms with E-state index in [0.717, 1.165) is 17.3 Å². The van der Waals surface area contributed by atoms with Crippen molar-refractivity contribution in [2.24, 2.45) is 0 Å². The van der Waals surface area contributed by atoms with Gasteiger partial charge in [-0.3, -0.25) is 0 Å². The standard InChI is InChI=1S/C16H11ClF2N2/c17-13-3-1-2-12(6-13)16-9-21(10-20-16)8-11-4-14(18)7-15(19)5-11/h1-7,9-10H,8H2. The molecule has 0 saturated heterocycles. The smallest absolute Gasteiger partial charge is 0.126 e. The van der Waals surface area contributed by atoms with Crippen LogP contribution in [0.2, 0.25) is 5.02 Å². The third-order valence-electron chi connectivity index (χ3n) is 3.04. The minimum absolute atomic E-state index is 0.349. The van der Waals surface area contributed by atoms with Crippen molar-refractivity contribution < 1.29 is 8.78 Å². The minimum Gasteiger partial charge on any atom is -0.332 e. The van der Waals surface area contributed by atoms with Crippen LogP contribution < -0.4 is 0 Å². The van der Waals surface area contributed by atoms with Crippen LogP contribution in [0.25, 0.3) is 11.3 Å². The molecule has 3 rings (SSSR count). The van der Waals surface area contributed by atoms with Crippen LogP contribution in [0, 0.1) is 11.6 Å². The molecule has 1 heterocycles. The van der Waals surface area contributed by atoms with Crippen LogP contribution in [0.1, 0.15) is 5.56 Å². The van der Waals surface area contributed by atoms with Gasteiger partial charge in [0, 0.05) is 29.4 Å². The van der Waals surface area contributed by atoms with Crippen molar-refractivity contribution in [1.82, 2.24) is 9.55 Å². The number of hydrogen-bond donors (Lipinski definition) is 0. The Morgan fingerprint density at radius 3 is 2.52 bits per heavy atom. The number of hydrogen-bond acceptors (Lipinski definition) is 1. The second kappa shape index (κ2) is 5.66. The predicted molar refractivity (Wildman–Crippen MR) is 78.1 cm³/mol.